The van der Waals surface area contributed by atoms with Crippen molar-refractivity contribution in [1.82, 2.24) is 0 Å². The number of ether oxygens (including phenoxy) is 1. The molecule has 0 spiro atoms. The van der Waals surface area contributed by atoms with Gasteiger partial charge in [-0.1, -0.05) is 15.9 Å². The minimum Gasteiger partial charge on any atom is -0.455 e. The van der Waals surface area contributed by atoms with E-state index >= 15 is 0 Å². The lowest BCUT2D eigenvalue weighted by Crippen LogP contribution is -2.37. The SMILES string of the molecule is O=C(COC(=O)[C@@]12CC[C@@H](C[C@H]1Br)C2)Nc1cc(F)ccc1F. The van der Waals surface area contributed by atoms with E-state index in [-0.39, 0.29) is 10.5 Å². The number of hydrogen-bond acceptors (Lipinski definition) is 3. The van der Waals surface area contributed by atoms with Gasteiger partial charge in [0.1, 0.15) is 11.6 Å². The average molecular weight is 388 g/mol. The number of nitrogens with one attached hydrogen (secondary N) is 1. The Morgan fingerprint density at radius 1 is 1.39 bits per heavy atom. The average Bonchev–Trinajstić information content (AvgIpc) is 3.07. The Kier molecular flexibility index (Phi) is 4.40. The van der Waals surface area contributed by atoms with Crippen LogP contribution in [0.5, 0.6) is 0 Å². The second-order valence-corrected chi connectivity index (χ2v) is 7.32. The van der Waals surface area contributed by atoms with Crippen molar-refractivity contribution in [3.05, 3.63) is 29.8 Å². The maximum Gasteiger partial charge on any atom is 0.313 e. The number of benzene rings is 1. The Morgan fingerprint density at radius 2 is 2.17 bits per heavy atom. The molecule has 3 rings (SSSR count). The molecule has 0 radical (unpaired) electrons. The Hall–Kier alpha value is -1.50. The summed E-state index contributed by atoms with van der Waals surface area (Å²) in [6.07, 6.45) is 3.47. The molecule has 0 unspecified atom stereocenters. The minimum absolute atomic E-state index is 0.0741. The van der Waals surface area contributed by atoms with E-state index in [1.165, 1.54) is 0 Å². The van der Waals surface area contributed by atoms with Crippen LogP contribution in [0, 0.1) is 23.0 Å². The molecule has 0 saturated heterocycles. The molecule has 0 aliphatic heterocycles. The quantitative estimate of drug-likeness (QED) is 0.636. The molecule has 1 amide bonds. The van der Waals surface area contributed by atoms with Gasteiger partial charge in [-0.25, -0.2) is 8.78 Å². The highest BCUT2D eigenvalue weighted by molar-refractivity contribution is 9.09. The van der Waals surface area contributed by atoms with E-state index in [4.69, 9.17) is 4.74 Å². The van der Waals surface area contributed by atoms with Gasteiger partial charge in [-0.3, -0.25) is 9.59 Å². The van der Waals surface area contributed by atoms with Crippen LogP contribution in [-0.2, 0) is 14.3 Å². The Morgan fingerprint density at radius 3 is 2.83 bits per heavy atom. The zero-order valence-corrected chi connectivity index (χ0v) is 13.9. The summed E-state index contributed by atoms with van der Waals surface area (Å²) < 4.78 is 31.6. The molecule has 2 aliphatic carbocycles. The molecule has 2 aliphatic rings. The maximum atomic E-state index is 13.5. The molecule has 3 atom stereocenters. The van der Waals surface area contributed by atoms with Crippen molar-refractivity contribution in [3.63, 3.8) is 0 Å². The van der Waals surface area contributed by atoms with E-state index in [9.17, 15) is 18.4 Å². The molecule has 1 N–H and O–H groups in total. The first kappa shape index (κ1) is 16.4. The van der Waals surface area contributed by atoms with E-state index in [0.717, 1.165) is 43.9 Å². The predicted octanol–water partition coefficient (Wildman–Crippen LogP) is 3.40. The number of fused-ring (bicyclic) bond motifs is 2. The highest BCUT2D eigenvalue weighted by Crippen LogP contribution is 2.57. The number of hydrogen-bond donors (Lipinski definition) is 1. The lowest BCUT2D eigenvalue weighted by atomic mass is 9.84. The molecule has 23 heavy (non-hydrogen) atoms. The van der Waals surface area contributed by atoms with E-state index in [0.29, 0.717) is 5.92 Å². The summed E-state index contributed by atoms with van der Waals surface area (Å²) in [4.78, 5) is 24.2. The summed E-state index contributed by atoms with van der Waals surface area (Å²) in [5, 5.41) is 2.21. The fraction of sp³-hybridized carbons (Fsp3) is 0.500. The summed E-state index contributed by atoms with van der Waals surface area (Å²) >= 11 is 3.54. The topological polar surface area (TPSA) is 55.4 Å². The number of amides is 1. The second-order valence-electron chi connectivity index (χ2n) is 6.22. The molecule has 2 fully saturated rings. The zero-order chi connectivity index (χ0) is 16.6. The van der Waals surface area contributed by atoms with Gasteiger partial charge < -0.3 is 10.1 Å². The summed E-state index contributed by atoms with van der Waals surface area (Å²) in [5.41, 5.74) is -0.820. The van der Waals surface area contributed by atoms with Gasteiger partial charge in [-0.05, 0) is 43.7 Å². The maximum absolute atomic E-state index is 13.5. The normalized spacial score (nSPS) is 28.7. The number of halogens is 3. The Labute approximate surface area is 140 Å². The molecule has 124 valence electrons. The lowest BCUT2D eigenvalue weighted by molar-refractivity contribution is -0.157. The monoisotopic (exact) mass is 387 g/mol. The third-order valence-corrected chi connectivity index (χ3v) is 5.99. The fourth-order valence-corrected chi connectivity index (χ4v) is 4.68. The van der Waals surface area contributed by atoms with Gasteiger partial charge in [0, 0.05) is 10.9 Å². The van der Waals surface area contributed by atoms with Crippen LogP contribution in [0.2, 0.25) is 0 Å². The van der Waals surface area contributed by atoms with Gasteiger partial charge >= 0.3 is 5.97 Å². The van der Waals surface area contributed by atoms with Gasteiger partial charge in [0.2, 0.25) is 0 Å². The molecular formula is C16H16BrF2NO3. The van der Waals surface area contributed by atoms with Gasteiger partial charge in [-0.2, -0.15) is 0 Å². The molecule has 1 aromatic carbocycles. The number of alkyl halides is 1. The summed E-state index contributed by atoms with van der Waals surface area (Å²) in [5.74, 6) is -1.98. The van der Waals surface area contributed by atoms with Gasteiger partial charge in [0.25, 0.3) is 5.91 Å². The number of rotatable bonds is 4. The molecular weight excluding hydrogens is 372 g/mol. The first-order valence-corrected chi connectivity index (χ1v) is 8.38. The standard InChI is InChI=1S/C16H16BrF2NO3/c17-13-5-9-3-4-16(13,7-9)15(22)23-8-14(21)20-12-6-10(18)1-2-11(12)19/h1-2,6,9,13H,3-5,7-8H2,(H,20,21)/t9-,13+,16+/m0/s1. The van der Waals surface area contributed by atoms with Crippen molar-refractivity contribution >= 4 is 33.5 Å². The summed E-state index contributed by atoms with van der Waals surface area (Å²) in [6.45, 7) is -0.513. The van der Waals surface area contributed by atoms with Crippen LogP contribution in [0.4, 0.5) is 14.5 Å². The zero-order valence-electron chi connectivity index (χ0n) is 12.3. The van der Waals surface area contributed by atoms with E-state index in [2.05, 4.69) is 21.2 Å². The van der Waals surface area contributed by atoms with Gasteiger partial charge in [0.05, 0.1) is 11.1 Å². The van der Waals surface area contributed by atoms with Crippen LogP contribution in [0.1, 0.15) is 25.7 Å². The molecule has 1 aromatic rings. The van der Waals surface area contributed by atoms with Gasteiger partial charge in [-0.15, -0.1) is 0 Å². The number of carbonyl (C=O) groups is 2. The number of carbonyl (C=O) groups excluding carboxylic acids is 2. The van der Waals surface area contributed by atoms with Crippen LogP contribution in [0.15, 0.2) is 18.2 Å². The van der Waals surface area contributed by atoms with Crippen molar-refractivity contribution in [2.75, 3.05) is 11.9 Å². The van der Waals surface area contributed by atoms with Crippen LogP contribution in [0.25, 0.3) is 0 Å². The molecule has 7 heteroatoms. The molecule has 4 nitrogen and oxygen atoms in total. The van der Waals surface area contributed by atoms with Crippen molar-refractivity contribution in [1.29, 1.82) is 0 Å². The van der Waals surface area contributed by atoms with Crippen LogP contribution >= 0.6 is 15.9 Å². The minimum atomic E-state index is -0.750. The molecule has 2 saturated carbocycles. The van der Waals surface area contributed by atoms with E-state index < -0.39 is 35.5 Å². The molecule has 0 heterocycles. The van der Waals surface area contributed by atoms with Crippen molar-refractivity contribution in [2.24, 2.45) is 11.3 Å². The summed E-state index contributed by atoms with van der Waals surface area (Å²) in [7, 11) is 0. The van der Waals surface area contributed by atoms with E-state index in [1.807, 2.05) is 0 Å². The highest BCUT2D eigenvalue weighted by Gasteiger charge is 2.56. The molecule has 2 bridgehead atoms. The summed E-state index contributed by atoms with van der Waals surface area (Å²) in [6, 6.07) is 2.75. The first-order valence-electron chi connectivity index (χ1n) is 7.47. The smallest absolute Gasteiger partial charge is 0.313 e. The number of anilines is 1. The largest absolute Gasteiger partial charge is 0.455 e. The Bertz CT molecular complexity index is 654. The van der Waals surface area contributed by atoms with Crippen LogP contribution < -0.4 is 5.32 Å². The highest BCUT2D eigenvalue weighted by atomic mass is 79.9. The van der Waals surface area contributed by atoms with Gasteiger partial charge in [0.15, 0.2) is 6.61 Å². The first-order chi connectivity index (χ1) is 10.9. The Balaban J connectivity index is 1.57. The fourth-order valence-electron chi connectivity index (χ4n) is 3.55. The van der Waals surface area contributed by atoms with Crippen molar-refractivity contribution in [2.45, 2.75) is 30.5 Å². The molecule has 0 aromatic heterocycles. The lowest BCUT2D eigenvalue weighted by Gasteiger charge is -2.28. The predicted molar refractivity (Wildman–Crippen MR) is 83.1 cm³/mol. The van der Waals surface area contributed by atoms with Crippen molar-refractivity contribution in [3.8, 4) is 0 Å². The number of esters is 1. The third-order valence-electron chi connectivity index (χ3n) is 4.73. The van der Waals surface area contributed by atoms with Crippen LogP contribution in [-0.4, -0.2) is 23.3 Å². The third kappa shape index (κ3) is 3.11. The van der Waals surface area contributed by atoms with Crippen LogP contribution in [0.3, 0.4) is 0 Å². The second kappa shape index (κ2) is 6.19. The van der Waals surface area contributed by atoms with Crippen molar-refractivity contribution < 1.29 is 23.1 Å². The van der Waals surface area contributed by atoms with E-state index in [1.54, 1.807) is 0 Å².